The molecule has 1 aromatic heterocycles. The molecule has 8 heteroatoms. The van der Waals surface area contributed by atoms with Gasteiger partial charge in [0.05, 0.1) is 12.8 Å². The number of rotatable bonds is 11. The number of benzene rings is 3. The smallest absolute Gasteiger partial charge is 0.268 e. The van der Waals surface area contributed by atoms with Crippen LogP contribution in [-0.2, 0) is 11.3 Å². The largest absolute Gasteiger partial charge is 0.490 e. The SMILES string of the molecule is O=C(NCc1ccco1)C(=Cc1ccc(OCCOc2ccccc2F)cc1)NC(=O)c1ccccc1. The number of ether oxygens (including phenoxy) is 2. The molecule has 2 N–H and O–H groups in total. The fourth-order valence-electron chi connectivity index (χ4n) is 3.32. The van der Waals surface area contributed by atoms with Crippen molar-refractivity contribution in [2.75, 3.05) is 13.2 Å². The monoisotopic (exact) mass is 500 g/mol. The Morgan fingerprint density at radius 2 is 1.57 bits per heavy atom. The number of amides is 2. The van der Waals surface area contributed by atoms with Gasteiger partial charge in [0.2, 0.25) is 0 Å². The molecule has 0 unspecified atom stereocenters. The molecule has 188 valence electrons. The molecule has 0 bridgehead atoms. The molecule has 2 amide bonds. The zero-order chi connectivity index (χ0) is 25.9. The first-order valence-corrected chi connectivity index (χ1v) is 11.6. The van der Waals surface area contributed by atoms with Crippen molar-refractivity contribution >= 4 is 17.9 Å². The van der Waals surface area contributed by atoms with Crippen molar-refractivity contribution in [1.29, 1.82) is 0 Å². The van der Waals surface area contributed by atoms with Gasteiger partial charge in [0, 0.05) is 5.56 Å². The van der Waals surface area contributed by atoms with Crippen LogP contribution in [0.25, 0.3) is 6.08 Å². The third-order valence-electron chi connectivity index (χ3n) is 5.17. The Kier molecular flexibility index (Phi) is 8.69. The molecule has 4 aromatic rings. The molecule has 3 aromatic carbocycles. The van der Waals surface area contributed by atoms with E-state index in [1.54, 1.807) is 91.0 Å². The maximum absolute atomic E-state index is 13.6. The molecule has 0 fully saturated rings. The van der Waals surface area contributed by atoms with E-state index in [4.69, 9.17) is 13.9 Å². The Morgan fingerprint density at radius 3 is 2.30 bits per heavy atom. The quantitative estimate of drug-likeness (QED) is 0.224. The summed E-state index contributed by atoms with van der Waals surface area (Å²) in [6, 6.07) is 25.2. The highest BCUT2D eigenvalue weighted by Gasteiger charge is 2.15. The van der Waals surface area contributed by atoms with E-state index in [2.05, 4.69) is 10.6 Å². The summed E-state index contributed by atoms with van der Waals surface area (Å²) < 4.78 is 29.9. The van der Waals surface area contributed by atoms with E-state index in [1.807, 2.05) is 0 Å². The van der Waals surface area contributed by atoms with Gasteiger partial charge in [0.1, 0.15) is 30.4 Å². The van der Waals surface area contributed by atoms with E-state index < -0.39 is 17.6 Å². The second-order valence-electron chi connectivity index (χ2n) is 7.84. The maximum Gasteiger partial charge on any atom is 0.268 e. The first-order valence-electron chi connectivity index (χ1n) is 11.6. The first kappa shape index (κ1) is 25.2. The predicted molar refractivity (Wildman–Crippen MR) is 136 cm³/mol. The molecule has 0 saturated carbocycles. The molecule has 0 aliphatic rings. The van der Waals surface area contributed by atoms with Crippen LogP contribution in [0.1, 0.15) is 21.7 Å². The van der Waals surface area contributed by atoms with Crippen LogP contribution < -0.4 is 20.1 Å². The van der Waals surface area contributed by atoms with E-state index in [0.29, 0.717) is 22.6 Å². The Morgan fingerprint density at radius 1 is 0.838 bits per heavy atom. The molecule has 0 aliphatic carbocycles. The molecule has 1 heterocycles. The van der Waals surface area contributed by atoms with E-state index in [0.717, 1.165) is 0 Å². The van der Waals surface area contributed by atoms with Gasteiger partial charge in [-0.1, -0.05) is 42.5 Å². The van der Waals surface area contributed by atoms with Crippen LogP contribution in [-0.4, -0.2) is 25.0 Å². The highest BCUT2D eigenvalue weighted by Crippen LogP contribution is 2.17. The van der Waals surface area contributed by atoms with Crippen molar-refractivity contribution in [3.63, 3.8) is 0 Å². The third kappa shape index (κ3) is 7.57. The van der Waals surface area contributed by atoms with Crippen molar-refractivity contribution in [2.24, 2.45) is 0 Å². The summed E-state index contributed by atoms with van der Waals surface area (Å²) in [4.78, 5) is 25.6. The van der Waals surface area contributed by atoms with Gasteiger partial charge in [0.25, 0.3) is 11.8 Å². The minimum atomic E-state index is -0.466. The fraction of sp³-hybridized carbons (Fsp3) is 0.103. The standard InChI is InChI=1S/C29H25FN2O5/c30-25-10-4-5-11-27(25)37-18-17-36-23-14-12-21(13-15-23)19-26(29(34)31-20-24-9-6-16-35-24)32-28(33)22-7-2-1-3-8-22/h1-16,19H,17-18,20H2,(H,31,34)(H,32,33). The van der Waals surface area contributed by atoms with Gasteiger partial charge in [0.15, 0.2) is 11.6 Å². The number of carbonyl (C=O) groups excluding carboxylic acids is 2. The number of para-hydroxylation sites is 1. The predicted octanol–water partition coefficient (Wildman–Crippen LogP) is 4.96. The highest BCUT2D eigenvalue weighted by atomic mass is 19.1. The lowest BCUT2D eigenvalue weighted by atomic mass is 10.1. The third-order valence-corrected chi connectivity index (χ3v) is 5.17. The van der Waals surface area contributed by atoms with Crippen LogP contribution in [0.3, 0.4) is 0 Å². The first-order chi connectivity index (χ1) is 18.1. The summed E-state index contributed by atoms with van der Waals surface area (Å²) in [5.74, 6) is 0.0269. The normalized spacial score (nSPS) is 11.0. The summed E-state index contributed by atoms with van der Waals surface area (Å²) in [5, 5.41) is 5.43. The van der Waals surface area contributed by atoms with Gasteiger partial charge in [-0.2, -0.15) is 0 Å². The van der Waals surface area contributed by atoms with Gasteiger partial charge in [-0.05, 0) is 60.2 Å². The van der Waals surface area contributed by atoms with Crippen molar-refractivity contribution in [3.8, 4) is 11.5 Å². The molecule has 0 atom stereocenters. The van der Waals surface area contributed by atoms with Crippen LogP contribution in [0.2, 0.25) is 0 Å². The molecule has 7 nitrogen and oxygen atoms in total. The van der Waals surface area contributed by atoms with E-state index in [1.165, 1.54) is 12.3 Å². The molecular formula is C29H25FN2O5. The molecule has 0 spiro atoms. The molecular weight excluding hydrogens is 475 g/mol. The Balaban J connectivity index is 1.39. The summed E-state index contributed by atoms with van der Waals surface area (Å²) >= 11 is 0. The lowest BCUT2D eigenvalue weighted by molar-refractivity contribution is -0.118. The highest BCUT2D eigenvalue weighted by molar-refractivity contribution is 6.05. The Bertz CT molecular complexity index is 1340. The van der Waals surface area contributed by atoms with Crippen LogP contribution >= 0.6 is 0 Å². The lowest BCUT2D eigenvalue weighted by Gasteiger charge is -2.11. The van der Waals surface area contributed by atoms with Crippen molar-refractivity contribution in [1.82, 2.24) is 10.6 Å². The second-order valence-corrected chi connectivity index (χ2v) is 7.84. The minimum absolute atomic E-state index is 0.0763. The van der Waals surface area contributed by atoms with Crippen LogP contribution in [0.15, 0.2) is 107 Å². The minimum Gasteiger partial charge on any atom is -0.490 e. The average Bonchev–Trinajstić information content (AvgIpc) is 3.45. The number of nitrogens with one attached hydrogen (secondary N) is 2. The molecule has 37 heavy (non-hydrogen) atoms. The zero-order valence-corrected chi connectivity index (χ0v) is 19.9. The van der Waals surface area contributed by atoms with Gasteiger partial charge in [-0.3, -0.25) is 9.59 Å². The summed E-state index contributed by atoms with van der Waals surface area (Å²) in [6.07, 6.45) is 3.09. The number of halogens is 1. The van der Waals surface area contributed by atoms with Crippen molar-refractivity contribution in [3.05, 3.63) is 126 Å². The van der Waals surface area contributed by atoms with Crippen LogP contribution in [0.4, 0.5) is 4.39 Å². The van der Waals surface area contributed by atoms with Gasteiger partial charge >= 0.3 is 0 Å². The van der Waals surface area contributed by atoms with Gasteiger partial charge in [-0.25, -0.2) is 4.39 Å². The lowest BCUT2D eigenvalue weighted by Crippen LogP contribution is -2.34. The summed E-state index contributed by atoms with van der Waals surface area (Å²) in [6.45, 7) is 0.567. The topological polar surface area (TPSA) is 89.8 Å². The van der Waals surface area contributed by atoms with Crippen LogP contribution in [0, 0.1) is 5.82 Å². The zero-order valence-electron chi connectivity index (χ0n) is 19.9. The van der Waals surface area contributed by atoms with Crippen molar-refractivity contribution in [2.45, 2.75) is 6.54 Å². The van der Waals surface area contributed by atoms with Gasteiger partial charge in [-0.15, -0.1) is 0 Å². The Hall–Kier alpha value is -4.85. The second kappa shape index (κ2) is 12.7. The van der Waals surface area contributed by atoms with E-state index in [9.17, 15) is 14.0 Å². The number of hydrogen-bond donors (Lipinski definition) is 2. The molecule has 0 radical (unpaired) electrons. The summed E-state index contributed by atoms with van der Waals surface area (Å²) in [5.41, 5.74) is 1.17. The molecule has 4 rings (SSSR count). The number of carbonyl (C=O) groups is 2. The summed E-state index contributed by atoms with van der Waals surface area (Å²) in [7, 11) is 0. The van der Waals surface area contributed by atoms with E-state index in [-0.39, 0.29) is 31.2 Å². The number of furan rings is 1. The maximum atomic E-state index is 13.6. The van der Waals surface area contributed by atoms with Crippen molar-refractivity contribution < 1.29 is 27.9 Å². The number of hydrogen-bond acceptors (Lipinski definition) is 5. The van der Waals surface area contributed by atoms with E-state index >= 15 is 0 Å². The Labute approximate surface area is 213 Å². The average molecular weight is 501 g/mol. The van der Waals surface area contributed by atoms with Crippen LogP contribution in [0.5, 0.6) is 11.5 Å². The molecule has 0 aliphatic heterocycles. The molecule has 0 saturated heterocycles. The fourth-order valence-corrected chi connectivity index (χ4v) is 3.32. The van der Waals surface area contributed by atoms with Gasteiger partial charge < -0.3 is 24.5 Å².